The molecule has 3 aromatic heterocycles. The Bertz CT molecular complexity index is 1050. The van der Waals surface area contributed by atoms with Crippen molar-refractivity contribution in [2.45, 2.75) is 65.4 Å². The first kappa shape index (κ1) is 22.7. The highest BCUT2D eigenvalue weighted by Crippen LogP contribution is 2.28. The molecule has 0 aliphatic heterocycles. The van der Waals surface area contributed by atoms with Crippen LogP contribution in [0.25, 0.3) is 5.65 Å². The summed E-state index contributed by atoms with van der Waals surface area (Å²) in [4.78, 5) is 21.5. The van der Waals surface area contributed by atoms with Crippen molar-refractivity contribution in [2.75, 3.05) is 5.32 Å². The number of amides is 1. The lowest BCUT2D eigenvalue weighted by Crippen LogP contribution is -2.17. The number of carbonyl (C=O) groups is 1. The van der Waals surface area contributed by atoms with Crippen molar-refractivity contribution in [3.63, 3.8) is 0 Å². The number of hydrogen-bond donors (Lipinski definition) is 1. The van der Waals surface area contributed by atoms with Gasteiger partial charge in [0, 0.05) is 24.4 Å². The van der Waals surface area contributed by atoms with Gasteiger partial charge < -0.3 is 14.5 Å². The Morgan fingerprint density at radius 3 is 2.58 bits per heavy atom. The van der Waals surface area contributed by atoms with Crippen LogP contribution < -0.4 is 10.1 Å². The summed E-state index contributed by atoms with van der Waals surface area (Å²) in [6.07, 6.45) is 3.80. The number of hydrogen-bond acceptors (Lipinski definition) is 4. The molecule has 0 bridgehead atoms. The van der Waals surface area contributed by atoms with Crippen LogP contribution in [0.15, 0.2) is 36.7 Å². The number of imidazole rings is 1. The number of halogens is 2. The van der Waals surface area contributed by atoms with E-state index in [-0.39, 0.29) is 17.5 Å². The van der Waals surface area contributed by atoms with Gasteiger partial charge in [0.1, 0.15) is 22.9 Å². The minimum absolute atomic E-state index is 0.0544. The molecule has 3 heterocycles. The molecule has 0 radical (unpaired) electrons. The quantitative estimate of drug-likeness (QED) is 0.452. The monoisotopic (exact) mass is 430 g/mol. The van der Waals surface area contributed by atoms with Gasteiger partial charge in [-0.25, -0.2) is 18.7 Å². The fourth-order valence-electron chi connectivity index (χ4n) is 3.49. The van der Waals surface area contributed by atoms with E-state index in [0.717, 1.165) is 25.0 Å². The maximum Gasteiger partial charge on any atom is 0.280 e. The van der Waals surface area contributed by atoms with Gasteiger partial charge in [0.05, 0.1) is 17.4 Å². The zero-order valence-corrected chi connectivity index (χ0v) is 18.2. The topological polar surface area (TPSA) is 68.5 Å². The highest BCUT2D eigenvalue weighted by molar-refractivity contribution is 6.05. The van der Waals surface area contributed by atoms with Crippen molar-refractivity contribution < 1.29 is 18.3 Å². The van der Waals surface area contributed by atoms with Gasteiger partial charge in [-0.2, -0.15) is 0 Å². The standard InChI is InChI=1S/C23H28F2N4O2/c1-5-8-15(6-2)18-13-29-12-16(19(31-14(3)4)11-21(29)27-18)23(30)28-20-10-7-9-17(26-20)22(24)25/h7,9-15,22H,5-6,8H2,1-4H3,(H,26,28,30). The van der Waals surface area contributed by atoms with Crippen molar-refractivity contribution in [1.82, 2.24) is 14.4 Å². The summed E-state index contributed by atoms with van der Waals surface area (Å²) in [6, 6.07) is 5.85. The number of nitrogens with one attached hydrogen (secondary N) is 1. The summed E-state index contributed by atoms with van der Waals surface area (Å²) < 4.78 is 33.5. The van der Waals surface area contributed by atoms with E-state index >= 15 is 0 Å². The molecule has 0 saturated carbocycles. The molecule has 8 heteroatoms. The molecular weight excluding hydrogens is 402 g/mol. The second-order valence-corrected chi connectivity index (χ2v) is 7.75. The highest BCUT2D eigenvalue weighted by atomic mass is 19.3. The molecule has 6 nitrogen and oxygen atoms in total. The summed E-state index contributed by atoms with van der Waals surface area (Å²) >= 11 is 0. The van der Waals surface area contributed by atoms with Crippen molar-refractivity contribution in [3.05, 3.63) is 53.6 Å². The lowest BCUT2D eigenvalue weighted by atomic mass is 9.98. The summed E-state index contributed by atoms with van der Waals surface area (Å²) in [5, 5.41) is 2.60. The predicted octanol–water partition coefficient (Wildman–Crippen LogP) is 6.00. The van der Waals surface area contributed by atoms with Gasteiger partial charge in [0.15, 0.2) is 0 Å². The molecule has 1 amide bonds. The number of rotatable bonds is 9. The minimum Gasteiger partial charge on any atom is -0.490 e. The zero-order valence-electron chi connectivity index (χ0n) is 18.2. The van der Waals surface area contributed by atoms with Crippen LogP contribution in [0.5, 0.6) is 5.75 Å². The molecule has 3 rings (SSSR count). The molecule has 0 spiro atoms. The normalized spacial score (nSPS) is 12.5. The summed E-state index contributed by atoms with van der Waals surface area (Å²) in [7, 11) is 0. The average Bonchev–Trinajstić information content (AvgIpc) is 3.13. The third-order valence-electron chi connectivity index (χ3n) is 4.96. The van der Waals surface area contributed by atoms with Crippen LogP contribution in [0.3, 0.4) is 0 Å². The Balaban J connectivity index is 1.98. The van der Waals surface area contributed by atoms with Crippen molar-refractivity contribution in [1.29, 1.82) is 0 Å². The molecule has 0 aromatic carbocycles. The number of nitrogens with zero attached hydrogens (tertiary/aromatic N) is 3. The first-order chi connectivity index (χ1) is 14.8. The van der Waals surface area contributed by atoms with E-state index in [2.05, 4.69) is 24.1 Å². The molecule has 0 aliphatic rings. The summed E-state index contributed by atoms with van der Waals surface area (Å²) in [5.74, 6) is 0.287. The van der Waals surface area contributed by atoms with E-state index in [4.69, 9.17) is 9.72 Å². The molecular formula is C23H28F2N4O2. The maximum atomic E-state index is 13.0. The third-order valence-corrected chi connectivity index (χ3v) is 4.96. The largest absolute Gasteiger partial charge is 0.490 e. The Kier molecular flexibility index (Phi) is 7.20. The number of ether oxygens (including phenoxy) is 1. The smallest absolute Gasteiger partial charge is 0.280 e. The third kappa shape index (κ3) is 5.37. The maximum absolute atomic E-state index is 13.0. The lowest BCUT2D eigenvalue weighted by Gasteiger charge is -2.14. The summed E-state index contributed by atoms with van der Waals surface area (Å²) in [6.45, 7) is 8.01. The number of anilines is 1. The lowest BCUT2D eigenvalue weighted by molar-refractivity contribution is 0.101. The molecule has 3 aromatic rings. The van der Waals surface area contributed by atoms with Gasteiger partial charge in [0.25, 0.3) is 12.3 Å². The van der Waals surface area contributed by atoms with Gasteiger partial charge in [-0.15, -0.1) is 0 Å². The van der Waals surface area contributed by atoms with Crippen LogP contribution in [0, 0.1) is 0 Å². The van der Waals surface area contributed by atoms with Crippen LogP contribution >= 0.6 is 0 Å². The van der Waals surface area contributed by atoms with E-state index in [0.29, 0.717) is 17.3 Å². The summed E-state index contributed by atoms with van der Waals surface area (Å²) in [5.41, 5.74) is 1.55. The molecule has 1 unspecified atom stereocenters. The van der Waals surface area contributed by atoms with E-state index < -0.39 is 18.0 Å². The number of alkyl halides is 2. The molecule has 0 aliphatic carbocycles. The highest BCUT2D eigenvalue weighted by Gasteiger charge is 2.20. The molecule has 1 atom stereocenters. The predicted molar refractivity (Wildman–Crippen MR) is 116 cm³/mol. The van der Waals surface area contributed by atoms with Gasteiger partial charge in [-0.3, -0.25) is 4.79 Å². The fraction of sp³-hybridized carbons (Fsp3) is 0.435. The second kappa shape index (κ2) is 9.85. The van der Waals surface area contributed by atoms with Gasteiger partial charge in [0.2, 0.25) is 0 Å². The number of aromatic nitrogens is 3. The van der Waals surface area contributed by atoms with Crippen LogP contribution in [-0.2, 0) is 0 Å². The SMILES string of the molecule is CCCC(CC)c1cn2cc(C(=O)Nc3cccc(C(F)F)n3)c(OC(C)C)cc2n1. The number of pyridine rings is 2. The van der Waals surface area contributed by atoms with E-state index in [1.54, 1.807) is 16.7 Å². The number of carbonyl (C=O) groups excluding carboxylic acids is 1. The van der Waals surface area contributed by atoms with Crippen LogP contribution in [0.4, 0.5) is 14.6 Å². The number of fused-ring (bicyclic) bond motifs is 1. The minimum atomic E-state index is -2.72. The molecule has 1 N–H and O–H groups in total. The Morgan fingerprint density at radius 1 is 1.16 bits per heavy atom. The van der Waals surface area contributed by atoms with Crippen LogP contribution in [0.2, 0.25) is 0 Å². The van der Waals surface area contributed by atoms with Gasteiger partial charge in [-0.05, 0) is 38.8 Å². The second-order valence-electron chi connectivity index (χ2n) is 7.75. The van der Waals surface area contributed by atoms with Crippen LogP contribution in [-0.4, -0.2) is 26.4 Å². The molecule has 31 heavy (non-hydrogen) atoms. The average molecular weight is 430 g/mol. The van der Waals surface area contributed by atoms with E-state index in [1.165, 1.54) is 18.2 Å². The zero-order chi connectivity index (χ0) is 22.5. The van der Waals surface area contributed by atoms with E-state index in [9.17, 15) is 13.6 Å². The Morgan fingerprint density at radius 2 is 1.94 bits per heavy atom. The molecule has 0 fully saturated rings. The van der Waals surface area contributed by atoms with Crippen molar-refractivity contribution in [3.8, 4) is 5.75 Å². The van der Waals surface area contributed by atoms with E-state index in [1.807, 2.05) is 20.0 Å². The first-order valence-corrected chi connectivity index (χ1v) is 10.6. The Hall–Kier alpha value is -3.03. The van der Waals surface area contributed by atoms with Gasteiger partial charge in [-0.1, -0.05) is 26.3 Å². The van der Waals surface area contributed by atoms with Crippen molar-refractivity contribution in [2.24, 2.45) is 0 Å². The van der Waals surface area contributed by atoms with Crippen LogP contribution in [0.1, 0.15) is 81.0 Å². The Labute approximate surface area is 180 Å². The first-order valence-electron chi connectivity index (χ1n) is 10.6. The van der Waals surface area contributed by atoms with Gasteiger partial charge >= 0.3 is 0 Å². The fourth-order valence-corrected chi connectivity index (χ4v) is 3.49. The molecule has 166 valence electrons. The molecule has 0 saturated heterocycles. The van der Waals surface area contributed by atoms with Crippen molar-refractivity contribution >= 4 is 17.4 Å².